The van der Waals surface area contributed by atoms with Crippen LogP contribution < -0.4 is 4.72 Å². The molecule has 7 heteroatoms. The Morgan fingerprint density at radius 3 is 2.28 bits per heavy atom. The predicted octanol–water partition coefficient (Wildman–Crippen LogP) is 3.20. The quantitative estimate of drug-likeness (QED) is 0.798. The predicted molar refractivity (Wildman–Crippen MR) is 94.5 cm³/mol. The van der Waals surface area contributed by atoms with Crippen molar-refractivity contribution in [2.75, 3.05) is 17.6 Å². The minimum atomic E-state index is -3.60. The fraction of sp³-hybridized carbons (Fsp3) is 0.278. The number of esters is 1. The minimum absolute atomic E-state index is 0.169. The number of anilines is 1. The van der Waals surface area contributed by atoms with Crippen LogP contribution in [0.15, 0.2) is 42.5 Å². The number of ether oxygens (including phenoxy) is 1. The Morgan fingerprint density at radius 1 is 1.16 bits per heavy atom. The molecule has 134 valence electrons. The second-order valence-electron chi connectivity index (χ2n) is 5.71. The number of carbonyl (C=O) groups excluding carboxylic acids is 1. The molecule has 0 saturated carbocycles. The van der Waals surface area contributed by atoms with E-state index in [2.05, 4.69) is 4.72 Å². The fourth-order valence-electron chi connectivity index (χ4n) is 2.44. The van der Waals surface area contributed by atoms with E-state index in [9.17, 15) is 17.6 Å². The first kappa shape index (κ1) is 18.9. The molecule has 2 aromatic carbocycles. The molecule has 2 rings (SSSR count). The van der Waals surface area contributed by atoms with Crippen LogP contribution in [0.1, 0.15) is 29.5 Å². The Bertz CT molecular complexity index is 863. The number of benzene rings is 2. The molecule has 1 N–H and O–H groups in total. The maximum atomic E-state index is 14.3. The molecule has 0 fully saturated rings. The van der Waals surface area contributed by atoms with E-state index in [-0.39, 0.29) is 12.3 Å². The average molecular weight is 365 g/mol. The lowest BCUT2D eigenvalue weighted by Gasteiger charge is -2.18. The number of halogens is 1. The second-order valence-corrected chi connectivity index (χ2v) is 7.46. The molecular weight excluding hydrogens is 345 g/mol. The summed E-state index contributed by atoms with van der Waals surface area (Å²) in [5.74, 6) is -2.04. The van der Waals surface area contributed by atoms with Gasteiger partial charge in [0.1, 0.15) is 11.7 Å². The van der Waals surface area contributed by atoms with Gasteiger partial charge >= 0.3 is 5.97 Å². The Balaban J connectivity index is 2.45. The van der Waals surface area contributed by atoms with E-state index in [1.54, 1.807) is 19.1 Å². The number of hydrogen-bond acceptors (Lipinski definition) is 4. The Kier molecular flexibility index (Phi) is 5.79. The van der Waals surface area contributed by atoms with Gasteiger partial charge in [-0.3, -0.25) is 9.52 Å². The highest BCUT2D eigenvalue weighted by molar-refractivity contribution is 7.92. The van der Waals surface area contributed by atoms with Crippen LogP contribution in [0.4, 0.5) is 10.1 Å². The largest absolute Gasteiger partial charge is 0.465 e. The molecule has 2 aromatic rings. The van der Waals surface area contributed by atoms with Crippen molar-refractivity contribution in [1.82, 2.24) is 0 Å². The number of rotatable bonds is 6. The van der Waals surface area contributed by atoms with Gasteiger partial charge in [-0.15, -0.1) is 0 Å². The van der Waals surface area contributed by atoms with Gasteiger partial charge in [-0.05, 0) is 37.1 Å². The first-order valence-corrected chi connectivity index (χ1v) is 9.61. The summed E-state index contributed by atoms with van der Waals surface area (Å²) >= 11 is 0. The van der Waals surface area contributed by atoms with Crippen molar-refractivity contribution in [2.24, 2.45) is 0 Å². The van der Waals surface area contributed by atoms with Crippen LogP contribution >= 0.6 is 0 Å². The topological polar surface area (TPSA) is 72.5 Å². The molecule has 0 spiro atoms. The molecular formula is C18H20FNO4S. The lowest BCUT2D eigenvalue weighted by molar-refractivity contribution is -0.143. The first-order valence-electron chi connectivity index (χ1n) is 7.71. The maximum Gasteiger partial charge on any atom is 0.317 e. The zero-order valence-electron chi connectivity index (χ0n) is 14.2. The Hall–Kier alpha value is -2.41. The summed E-state index contributed by atoms with van der Waals surface area (Å²) in [5, 5.41) is 0. The molecule has 0 aliphatic heterocycles. The van der Waals surface area contributed by atoms with Gasteiger partial charge < -0.3 is 4.74 Å². The molecule has 1 unspecified atom stereocenters. The van der Waals surface area contributed by atoms with Crippen molar-refractivity contribution in [2.45, 2.75) is 19.8 Å². The summed E-state index contributed by atoms with van der Waals surface area (Å²) in [6.07, 6.45) is 0.939. The number of nitrogens with one attached hydrogen (secondary N) is 1. The van der Waals surface area contributed by atoms with Gasteiger partial charge in [-0.2, -0.15) is 0 Å². The molecule has 5 nitrogen and oxygen atoms in total. The van der Waals surface area contributed by atoms with Crippen molar-refractivity contribution in [3.05, 3.63) is 65.0 Å². The lowest BCUT2D eigenvalue weighted by atomic mass is 9.90. The highest BCUT2D eigenvalue weighted by atomic mass is 32.2. The number of hydrogen-bond donors (Lipinski definition) is 1. The van der Waals surface area contributed by atoms with E-state index < -0.39 is 27.7 Å². The smallest absolute Gasteiger partial charge is 0.317 e. The third kappa shape index (κ3) is 5.03. The molecule has 0 heterocycles. The molecule has 25 heavy (non-hydrogen) atoms. The fourth-order valence-corrected chi connectivity index (χ4v) is 3.01. The van der Waals surface area contributed by atoms with Crippen LogP contribution in [0, 0.1) is 12.7 Å². The van der Waals surface area contributed by atoms with Crippen molar-refractivity contribution < 1.29 is 22.3 Å². The summed E-state index contributed by atoms with van der Waals surface area (Å²) in [5.41, 5.74) is 1.93. The number of sulfonamides is 1. The summed E-state index contributed by atoms with van der Waals surface area (Å²) in [4.78, 5) is 12.4. The van der Waals surface area contributed by atoms with E-state index in [0.29, 0.717) is 11.1 Å². The second kappa shape index (κ2) is 7.65. The molecule has 0 aromatic heterocycles. The molecule has 0 radical (unpaired) electrons. The average Bonchev–Trinajstić information content (AvgIpc) is 2.51. The van der Waals surface area contributed by atoms with Gasteiger partial charge in [0, 0.05) is 0 Å². The van der Waals surface area contributed by atoms with Crippen LogP contribution in [0.5, 0.6) is 0 Å². The molecule has 0 aliphatic carbocycles. The molecule has 0 saturated heterocycles. The van der Waals surface area contributed by atoms with Gasteiger partial charge in [-0.1, -0.05) is 35.9 Å². The van der Waals surface area contributed by atoms with Crippen LogP contribution in [0.2, 0.25) is 0 Å². The standard InChI is InChI=1S/C18H20FNO4S/c1-4-24-18(21)17(13-7-5-12(2)6-8-13)14-9-10-16(15(19)11-14)20-25(3,22)23/h5-11,17,20H,4H2,1-3H3. The number of carbonyl (C=O) groups is 1. The highest BCUT2D eigenvalue weighted by Gasteiger charge is 2.25. The van der Waals surface area contributed by atoms with Crippen molar-refractivity contribution >= 4 is 21.7 Å². The van der Waals surface area contributed by atoms with Crippen LogP contribution in [0.3, 0.4) is 0 Å². The highest BCUT2D eigenvalue weighted by Crippen LogP contribution is 2.29. The maximum absolute atomic E-state index is 14.3. The third-order valence-electron chi connectivity index (χ3n) is 3.55. The Morgan fingerprint density at radius 2 is 1.76 bits per heavy atom. The van der Waals surface area contributed by atoms with E-state index in [1.165, 1.54) is 12.1 Å². The van der Waals surface area contributed by atoms with E-state index in [0.717, 1.165) is 17.9 Å². The van der Waals surface area contributed by atoms with Gasteiger partial charge in [0.15, 0.2) is 0 Å². The normalized spacial score (nSPS) is 12.5. The molecule has 0 bridgehead atoms. The summed E-state index contributed by atoms with van der Waals surface area (Å²) < 4.78 is 44.0. The number of aryl methyl sites for hydroxylation is 1. The van der Waals surface area contributed by atoms with E-state index in [4.69, 9.17) is 4.74 Å². The zero-order chi connectivity index (χ0) is 18.6. The monoisotopic (exact) mass is 365 g/mol. The van der Waals surface area contributed by atoms with Crippen LogP contribution in [-0.4, -0.2) is 27.2 Å². The molecule has 0 aliphatic rings. The van der Waals surface area contributed by atoms with Gasteiger partial charge in [0.05, 0.1) is 18.6 Å². The van der Waals surface area contributed by atoms with Crippen LogP contribution in [-0.2, 0) is 19.6 Å². The third-order valence-corrected chi connectivity index (χ3v) is 4.15. The lowest BCUT2D eigenvalue weighted by Crippen LogP contribution is -2.18. The van der Waals surface area contributed by atoms with Crippen LogP contribution in [0.25, 0.3) is 0 Å². The summed E-state index contributed by atoms with van der Waals surface area (Å²) in [6, 6.07) is 11.3. The Labute approximate surface area is 146 Å². The van der Waals surface area contributed by atoms with Crippen molar-refractivity contribution in [3.63, 3.8) is 0 Å². The van der Waals surface area contributed by atoms with E-state index in [1.807, 2.05) is 19.1 Å². The first-order chi connectivity index (χ1) is 11.7. The van der Waals surface area contributed by atoms with Crippen molar-refractivity contribution in [3.8, 4) is 0 Å². The zero-order valence-corrected chi connectivity index (χ0v) is 15.1. The van der Waals surface area contributed by atoms with Gasteiger partial charge in [-0.25, -0.2) is 12.8 Å². The van der Waals surface area contributed by atoms with Gasteiger partial charge in [0.25, 0.3) is 0 Å². The SMILES string of the molecule is CCOC(=O)C(c1ccc(C)cc1)c1ccc(NS(C)(=O)=O)c(F)c1. The van der Waals surface area contributed by atoms with Gasteiger partial charge in [0.2, 0.25) is 10.0 Å². The van der Waals surface area contributed by atoms with E-state index >= 15 is 0 Å². The molecule has 1 atom stereocenters. The minimum Gasteiger partial charge on any atom is -0.465 e. The summed E-state index contributed by atoms with van der Waals surface area (Å²) in [6.45, 7) is 3.83. The summed E-state index contributed by atoms with van der Waals surface area (Å²) in [7, 11) is -3.60. The van der Waals surface area contributed by atoms with Crippen molar-refractivity contribution in [1.29, 1.82) is 0 Å². The molecule has 0 amide bonds.